The zero-order chi connectivity index (χ0) is 19.2. The minimum atomic E-state index is -0.218. The second-order valence-electron chi connectivity index (χ2n) is 5.92. The van der Waals surface area contributed by atoms with Crippen LogP contribution in [0.3, 0.4) is 0 Å². The molecule has 1 aliphatic rings. The molecule has 1 amide bonds. The van der Waals surface area contributed by atoms with E-state index in [-0.39, 0.29) is 5.91 Å². The fraction of sp³-hybridized carbons (Fsp3) is 0.300. The largest absolute Gasteiger partial charge is 0.493 e. The van der Waals surface area contributed by atoms with Crippen molar-refractivity contribution in [1.29, 1.82) is 0 Å². The molecular weight excluding hydrogens is 346 g/mol. The summed E-state index contributed by atoms with van der Waals surface area (Å²) < 4.78 is 15.8. The van der Waals surface area contributed by atoms with Crippen molar-refractivity contribution >= 4 is 11.7 Å². The Bertz CT molecular complexity index is 839. The summed E-state index contributed by atoms with van der Waals surface area (Å²) in [6.07, 6.45) is 0. The number of fused-ring (bicyclic) bond motifs is 1. The van der Waals surface area contributed by atoms with Crippen molar-refractivity contribution in [3.63, 3.8) is 0 Å². The molecule has 142 valence electrons. The number of nitrogens with zero attached hydrogens (tertiary/aromatic N) is 1. The van der Waals surface area contributed by atoms with Crippen molar-refractivity contribution in [3.05, 3.63) is 53.1 Å². The van der Waals surface area contributed by atoms with Gasteiger partial charge in [-0.2, -0.15) is 0 Å². The Labute approximate surface area is 158 Å². The lowest BCUT2D eigenvalue weighted by Gasteiger charge is -2.14. The van der Waals surface area contributed by atoms with Crippen LogP contribution in [0.25, 0.3) is 0 Å². The SMILES string of the molecule is COc1cc(C(=O)NCCNC2=NCc3ccccc32)cc(OC)c1OC. The number of amides is 1. The van der Waals surface area contributed by atoms with E-state index < -0.39 is 0 Å². The zero-order valence-electron chi connectivity index (χ0n) is 15.7. The fourth-order valence-corrected chi connectivity index (χ4v) is 2.96. The molecule has 0 bridgehead atoms. The first-order chi connectivity index (χ1) is 13.2. The summed E-state index contributed by atoms with van der Waals surface area (Å²) in [5, 5.41) is 6.15. The molecule has 0 spiro atoms. The van der Waals surface area contributed by atoms with Crippen molar-refractivity contribution in [2.24, 2.45) is 4.99 Å². The van der Waals surface area contributed by atoms with Crippen molar-refractivity contribution in [1.82, 2.24) is 10.6 Å². The number of hydrogen-bond acceptors (Lipinski definition) is 6. The van der Waals surface area contributed by atoms with E-state index in [4.69, 9.17) is 14.2 Å². The molecular formula is C20H23N3O4. The molecule has 7 heteroatoms. The average molecular weight is 369 g/mol. The van der Waals surface area contributed by atoms with Gasteiger partial charge in [0.05, 0.1) is 27.9 Å². The predicted molar refractivity (Wildman–Crippen MR) is 103 cm³/mol. The van der Waals surface area contributed by atoms with E-state index in [1.54, 1.807) is 12.1 Å². The summed E-state index contributed by atoms with van der Waals surface area (Å²) in [6, 6.07) is 11.4. The van der Waals surface area contributed by atoms with Gasteiger partial charge in [-0.3, -0.25) is 9.79 Å². The molecule has 1 aliphatic heterocycles. The lowest BCUT2D eigenvalue weighted by atomic mass is 10.1. The number of benzene rings is 2. The third kappa shape index (κ3) is 3.97. The van der Waals surface area contributed by atoms with E-state index in [0.29, 0.717) is 42.4 Å². The summed E-state index contributed by atoms with van der Waals surface area (Å²) >= 11 is 0. The Hall–Kier alpha value is -3.22. The van der Waals surface area contributed by atoms with E-state index in [1.807, 2.05) is 18.2 Å². The number of rotatable bonds is 7. The fourth-order valence-electron chi connectivity index (χ4n) is 2.96. The van der Waals surface area contributed by atoms with Crippen LogP contribution in [0.1, 0.15) is 21.5 Å². The van der Waals surface area contributed by atoms with Crippen LogP contribution < -0.4 is 24.8 Å². The molecule has 0 atom stereocenters. The minimum Gasteiger partial charge on any atom is -0.493 e. The molecule has 0 aromatic heterocycles. The molecule has 2 aromatic rings. The third-order valence-corrected chi connectivity index (χ3v) is 4.31. The number of nitrogens with one attached hydrogen (secondary N) is 2. The maximum atomic E-state index is 12.5. The summed E-state index contributed by atoms with van der Waals surface area (Å²) in [5.41, 5.74) is 2.77. The first-order valence-electron chi connectivity index (χ1n) is 8.62. The lowest BCUT2D eigenvalue weighted by molar-refractivity contribution is 0.0953. The first kappa shape index (κ1) is 18.6. The van der Waals surface area contributed by atoms with E-state index in [1.165, 1.54) is 26.9 Å². The van der Waals surface area contributed by atoms with Crippen LogP contribution in [0.2, 0.25) is 0 Å². The standard InChI is InChI=1S/C20H23N3O4/c1-25-16-10-14(11-17(26-2)18(16)27-3)20(24)22-9-8-21-19-15-7-5-4-6-13(15)12-23-19/h4-7,10-11H,8-9,12H2,1-3H3,(H,21,23)(H,22,24). The lowest BCUT2D eigenvalue weighted by Crippen LogP contribution is -2.34. The highest BCUT2D eigenvalue weighted by atomic mass is 16.5. The summed E-state index contributed by atoms with van der Waals surface area (Å²) in [4.78, 5) is 16.9. The zero-order valence-corrected chi connectivity index (χ0v) is 15.7. The molecule has 3 rings (SSSR count). The smallest absolute Gasteiger partial charge is 0.251 e. The quantitative estimate of drug-likeness (QED) is 0.730. The van der Waals surface area contributed by atoms with Gasteiger partial charge in [0.25, 0.3) is 5.91 Å². The Kier molecular flexibility index (Phi) is 5.80. The number of aliphatic imine (C=N–C) groups is 1. The first-order valence-corrected chi connectivity index (χ1v) is 8.62. The number of carbonyl (C=O) groups excluding carboxylic acids is 1. The predicted octanol–water partition coefficient (Wildman–Crippen LogP) is 1.99. The summed E-state index contributed by atoms with van der Waals surface area (Å²) in [6.45, 7) is 1.72. The summed E-state index contributed by atoms with van der Waals surface area (Å²) in [5.74, 6) is 1.99. The highest BCUT2D eigenvalue weighted by Crippen LogP contribution is 2.38. The number of ether oxygens (including phenoxy) is 3. The number of methoxy groups -OCH3 is 3. The van der Waals surface area contributed by atoms with E-state index in [9.17, 15) is 4.79 Å². The van der Waals surface area contributed by atoms with Crippen LogP contribution in [-0.4, -0.2) is 46.2 Å². The molecule has 27 heavy (non-hydrogen) atoms. The van der Waals surface area contributed by atoms with Gasteiger partial charge in [0.1, 0.15) is 5.84 Å². The Morgan fingerprint density at radius 1 is 1.04 bits per heavy atom. The maximum absolute atomic E-state index is 12.5. The van der Waals surface area contributed by atoms with Crippen molar-refractivity contribution < 1.29 is 19.0 Å². The van der Waals surface area contributed by atoms with Crippen molar-refractivity contribution in [3.8, 4) is 17.2 Å². The van der Waals surface area contributed by atoms with Crippen LogP contribution in [0, 0.1) is 0 Å². The van der Waals surface area contributed by atoms with Crippen LogP contribution >= 0.6 is 0 Å². The third-order valence-electron chi connectivity index (χ3n) is 4.31. The molecule has 0 fully saturated rings. The molecule has 1 heterocycles. The van der Waals surface area contributed by atoms with Crippen molar-refractivity contribution in [2.75, 3.05) is 34.4 Å². The highest BCUT2D eigenvalue weighted by molar-refractivity contribution is 6.02. The Balaban J connectivity index is 1.57. The van der Waals surface area contributed by atoms with Crippen LogP contribution in [0.4, 0.5) is 0 Å². The van der Waals surface area contributed by atoms with E-state index in [2.05, 4.69) is 21.7 Å². The molecule has 2 aromatic carbocycles. The van der Waals surface area contributed by atoms with Crippen LogP contribution in [0.5, 0.6) is 17.2 Å². The normalized spacial score (nSPS) is 12.0. The van der Waals surface area contributed by atoms with Gasteiger partial charge in [0, 0.05) is 24.2 Å². The van der Waals surface area contributed by atoms with Gasteiger partial charge >= 0.3 is 0 Å². The molecule has 0 unspecified atom stereocenters. The molecule has 0 radical (unpaired) electrons. The summed E-state index contributed by atoms with van der Waals surface area (Å²) in [7, 11) is 4.56. The van der Waals surface area contributed by atoms with Gasteiger partial charge in [-0.1, -0.05) is 24.3 Å². The number of hydrogen-bond donors (Lipinski definition) is 2. The molecule has 0 saturated heterocycles. The van der Waals surface area contributed by atoms with Crippen LogP contribution in [-0.2, 0) is 6.54 Å². The van der Waals surface area contributed by atoms with Gasteiger partial charge < -0.3 is 24.8 Å². The molecule has 0 saturated carbocycles. The van der Waals surface area contributed by atoms with Gasteiger partial charge in [-0.15, -0.1) is 0 Å². The van der Waals surface area contributed by atoms with Crippen molar-refractivity contribution in [2.45, 2.75) is 6.54 Å². The highest BCUT2D eigenvalue weighted by Gasteiger charge is 2.17. The van der Waals surface area contributed by atoms with Gasteiger partial charge in [-0.25, -0.2) is 0 Å². The second kappa shape index (κ2) is 8.44. The maximum Gasteiger partial charge on any atom is 0.251 e. The molecule has 7 nitrogen and oxygen atoms in total. The topological polar surface area (TPSA) is 81.2 Å². The minimum absolute atomic E-state index is 0.218. The van der Waals surface area contributed by atoms with E-state index >= 15 is 0 Å². The average Bonchev–Trinajstić information content (AvgIpc) is 3.12. The number of carbonyl (C=O) groups is 1. The van der Waals surface area contributed by atoms with Crippen LogP contribution in [0.15, 0.2) is 41.4 Å². The van der Waals surface area contributed by atoms with E-state index in [0.717, 1.165) is 11.4 Å². The van der Waals surface area contributed by atoms with Gasteiger partial charge in [-0.05, 0) is 17.7 Å². The second-order valence-corrected chi connectivity index (χ2v) is 5.92. The van der Waals surface area contributed by atoms with Gasteiger partial charge in [0.15, 0.2) is 11.5 Å². The number of amidine groups is 1. The van der Waals surface area contributed by atoms with Gasteiger partial charge in [0.2, 0.25) is 5.75 Å². The molecule has 2 N–H and O–H groups in total. The Morgan fingerprint density at radius 2 is 1.74 bits per heavy atom. The molecule has 0 aliphatic carbocycles. The monoisotopic (exact) mass is 369 g/mol. The Morgan fingerprint density at radius 3 is 2.41 bits per heavy atom.